The van der Waals surface area contributed by atoms with Crippen molar-refractivity contribution in [2.45, 2.75) is 38.9 Å². The maximum Gasteiger partial charge on any atom is 0.490 e. The van der Waals surface area contributed by atoms with E-state index in [0.717, 1.165) is 19.6 Å². The molecular weight excluding hydrogens is 480 g/mol. The lowest BCUT2D eigenvalue weighted by atomic mass is 9.91. The quantitative estimate of drug-likeness (QED) is 0.567. The van der Waals surface area contributed by atoms with E-state index in [1.165, 1.54) is 23.3 Å². The van der Waals surface area contributed by atoms with Gasteiger partial charge in [-0.25, -0.2) is 9.18 Å². The van der Waals surface area contributed by atoms with E-state index in [0.29, 0.717) is 24.2 Å². The van der Waals surface area contributed by atoms with Gasteiger partial charge in [-0.05, 0) is 23.3 Å². The van der Waals surface area contributed by atoms with Crippen molar-refractivity contribution in [3.63, 3.8) is 0 Å². The maximum absolute atomic E-state index is 13.3. The van der Waals surface area contributed by atoms with Crippen LogP contribution in [0.1, 0.15) is 43.9 Å². The van der Waals surface area contributed by atoms with Gasteiger partial charge in [0.2, 0.25) is 5.91 Å². The molecule has 2 aromatic carbocycles. The summed E-state index contributed by atoms with van der Waals surface area (Å²) in [4.78, 5) is 24.0. The molecule has 0 bridgehead atoms. The van der Waals surface area contributed by atoms with Gasteiger partial charge in [-0.15, -0.1) is 0 Å². The monoisotopic (exact) mass is 510 g/mol. The number of hydrogen-bond donors (Lipinski definition) is 2. The molecule has 3 atom stereocenters. The molecule has 196 valence electrons. The Bertz CT molecular complexity index is 1080. The van der Waals surface area contributed by atoms with E-state index in [-0.39, 0.29) is 17.8 Å². The molecule has 10 heteroatoms. The second kappa shape index (κ2) is 10.9. The van der Waals surface area contributed by atoms with E-state index >= 15 is 0 Å². The highest BCUT2D eigenvalue weighted by Gasteiger charge is 2.47. The summed E-state index contributed by atoms with van der Waals surface area (Å²) in [7, 11) is 0. The van der Waals surface area contributed by atoms with E-state index in [1.807, 2.05) is 20.8 Å². The van der Waals surface area contributed by atoms with Crippen molar-refractivity contribution in [3.8, 4) is 5.75 Å². The van der Waals surface area contributed by atoms with Crippen LogP contribution in [-0.4, -0.2) is 54.3 Å². The number of nitrogens with zero attached hydrogens (tertiary/aromatic N) is 1. The number of aliphatic carboxylic acids is 1. The van der Waals surface area contributed by atoms with E-state index in [4.69, 9.17) is 14.6 Å². The average molecular weight is 511 g/mol. The first kappa shape index (κ1) is 27.4. The van der Waals surface area contributed by atoms with Crippen LogP contribution < -0.4 is 10.1 Å². The highest BCUT2D eigenvalue weighted by Crippen LogP contribution is 2.49. The Kier molecular flexibility index (Phi) is 8.28. The van der Waals surface area contributed by atoms with Gasteiger partial charge in [0, 0.05) is 43.0 Å². The molecule has 2 aromatic rings. The zero-order valence-corrected chi connectivity index (χ0v) is 20.3. The molecule has 4 rings (SSSR count). The topological polar surface area (TPSA) is 78.9 Å². The first-order valence-corrected chi connectivity index (χ1v) is 11.6. The van der Waals surface area contributed by atoms with Gasteiger partial charge in [0.1, 0.15) is 18.2 Å². The number of carbonyl (C=O) groups is 2. The molecule has 1 heterocycles. The number of ether oxygens (including phenoxy) is 1. The third-order valence-corrected chi connectivity index (χ3v) is 6.28. The van der Waals surface area contributed by atoms with Crippen LogP contribution in [0.25, 0.3) is 0 Å². The van der Waals surface area contributed by atoms with E-state index in [1.54, 1.807) is 12.1 Å². The number of rotatable bonds is 5. The lowest BCUT2D eigenvalue weighted by molar-refractivity contribution is -0.192. The van der Waals surface area contributed by atoms with Gasteiger partial charge in [-0.3, -0.25) is 9.69 Å². The summed E-state index contributed by atoms with van der Waals surface area (Å²) in [6.45, 7) is 9.02. The highest BCUT2D eigenvalue weighted by molar-refractivity contribution is 5.82. The Morgan fingerprint density at radius 2 is 1.69 bits per heavy atom. The minimum absolute atomic E-state index is 0.0528. The molecule has 0 spiro atoms. The molecule has 0 aromatic heterocycles. The molecular formula is C26H30F4N2O4. The molecule has 0 unspecified atom stereocenters. The van der Waals surface area contributed by atoms with Crippen molar-refractivity contribution in [1.29, 1.82) is 0 Å². The fourth-order valence-electron chi connectivity index (χ4n) is 4.52. The zero-order valence-electron chi connectivity index (χ0n) is 20.3. The summed E-state index contributed by atoms with van der Waals surface area (Å²) in [6, 6.07) is 14.8. The largest absolute Gasteiger partial charge is 0.492 e. The van der Waals surface area contributed by atoms with Crippen LogP contribution >= 0.6 is 0 Å². The average Bonchev–Trinajstić information content (AvgIpc) is 3.31. The van der Waals surface area contributed by atoms with Crippen molar-refractivity contribution >= 4 is 11.9 Å². The molecule has 0 radical (unpaired) electrons. The Labute approximate surface area is 207 Å². The summed E-state index contributed by atoms with van der Waals surface area (Å²) in [5.41, 5.74) is 2.20. The van der Waals surface area contributed by atoms with Gasteiger partial charge in [0.15, 0.2) is 0 Å². The Balaban J connectivity index is 0.000000454. The molecule has 36 heavy (non-hydrogen) atoms. The van der Waals surface area contributed by atoms with Gasteiger partial charge in [0.25, 0.3) is 0 Å². The standard InChI is InChI=1S/C24H29FN2O2.C2HF3O2/c1-24(2,3)23(28)26-22-19-10-5-4-9-18(19)20-14-27(15-21(20)22)11-12-29-17-8-6-7-16(25)13-17;3-2(4,5)1(6)7/h4-10,13,20-22H,11-12,14-15H2,1-3H3,(H,26,28);(H,6,7)/t20-,21-,22+;/m0./s1. The molecule has 2 aliphatic rings. The SMILES string of the molecule is CC(C)(C)C(=O)N[C@@H]1c2ccccc2[C@@H]2CN(CCOc3cccc(F)c3)C[C@H]12.O=C(O)C(F)(F)F. The third kappa shape index (κ3) is 6.75. The number of hydrogen-bond acceptors (Lipinski definition) is 4. The first-order valence-electron chi connectivity index (χ1n) is 11.6. The van der Waals surface area contributed by atoms with Gasteiger partial charge in [-0.2, -0.15) is 13.2 Å². The number of amides is 1. The molecule has 1 aliphatic carbocycles. The summed E-state index contributed by atoms with van der Waals surface area (Å²) >= 11 is 0. The molecule has 1 amide bonds. The van der Waals surface area contributed by atoms with Gasteiger partial charge in [-0.1, -0.05) is 51.1 Å². The van der Waals surface area contributed by atoms with Gasteiger partial charge in [0.05, 0.1) is 6.04 Å². The van der Waals surface area contributed by atoms with Crippen LogP contribution in [0.2, 0.25) is 0 Å². The normalized spacial score (nSPS) is 21.1. The lowest BCUT2D eigenvalue weighted by Gasteiger charge is -2.26. The fourth-order valence-corrected chi connectivity index (χ4v) is 4.52. The van der Waals surface area contributed by atoms with E-state index in [2.05, 4.69) is 34.5 Å². The van der Waals surface area contributed by atoms with Gasteiger partial charge >= 0.3 is 12.1 Å². The summed E-state index contributed by atoms with van der Waals surface area (Å²) in [5.74, 6) is -1.60. The Morgan fingerprint density at radius 3 is 2.28 bits per heavy atom. The second-order valence-corrected chi connectivity index (χ2v) is 9.97. The number of carboxylic acids is 1. The lowest BCUT2D eigenvalue weighted by Crippen LogP contribution is -2.40. The van der Waals surface area contributed by atoms with Crippen molar-refractivity contribution in [2.75, 3.05) is 26.2 Å². The van der Waals surface area contributed by atoms with Crippen LogP contribution in [-0.2, 0) is 9.59 Å². The maximum atomic E-state index is 13.3. The molecule has 2 N–H and O–H groups in total. The number of carboxylic acid groups (broad SMARTS) is 1. The number of likely N-dealkylation sites (tertiary alicyclic amines) is 1. The number of fused-ring (bicyclic) bond motifs is 3. The van der Waals surface area contributed by atoms with Crippen molar-refractivity contribution in [2.24, 2.45) is 11.3 Å². The minimum atomic E-state index is -5.08. The molecule has 1 fully saturated rings. The smallest absolute Gasteiger partial charge is 0.490 e. The van der Waals surface area contributed by atoms with E-state index < -0.39 is 17.6 Å². The zero-order chi connectivity index (χ0) is 26.7. The summed E-state index contributed by atoms with van der Waals surface area (Å²) in [6.07, 6.45) is -5.08. The number of benzene rings is 2. The van der Waals surface area contributed by atoms with Crippen LogP contribution in [0.15, 0.2) is 48.5 Å². The number of nitrogens with one attached hydrogen (secondary N) is 1. The molecule has 6 nitrogen and oxygen atoms in total. The first-order chi connectivity index (χ1) is 16.8. The number of alkyl halides is 3. The highest BCUT2D eigenvalue weighted by atomic mass is 19.4. The second-order valence-electron chi connectivity index (χ2n) is 9.97. The molecule has 1 aliphatic heterocycles. The summed E-state index contributed by atoms with van der Waals surface area (Å²) < 4.78 is 50.8. The predicted octanol–water partition coefficient (Wildman–Crippen LogP) is 4.77. The number of halogens is 4. The fraction of sp³-hybridized carbons (Fsp3) is 0.462. The van der Waals surface area contributed by atoms with Crippen molar-refractivity contribution in [1.82, 2.24) is 10.2 Å². The summed E-state index contributed by atoms with van der Waals surface area (Å²) in [5, 5.41) is 10.4. The minimum Gasteiger partial charge on any atom is -0.492 e. The Morgan fingerprint density at radius 1 is 1.06 bits per heavy atom. The van der Waals surface area contributed by atoms with Crippen LogP contribution in [0.5, 0.6) is 5.75 Å². The molecule has 0 saturated carbocycles. The molecule has 1 saturated heterocycles. The van der Waals surface area contributed by atoms with E-state index in [9.17, 15) is 22.4 Å². The third-order valence-electron chi connectivity index (χ3n) is 6.28. The van der Waals surface area contributed by atoms with Crippen molar-refractivity contribution < 1.29 is 37.0 Å². The van der Waals surface area contributed by atoms with Crippen molar-refractivity contribution in [3.05, 3.63) is 65.5 Å². The van der Waals surface area contributed by atoms with Crippen LogP contribution in [0.4, 0.5) is 17.6 Å². The number of carbonyl (C=O) groups excluding carboxylic acids is 1. The Hall–Kier alpha value is -3.14. The van der Waals surface area contributed by atoms with Gasteiger partial charge < -0.3 is 15.2 Å². The predicted molar refractivity (Wildman–Crippen MR) is 125 cm³/mol. The van der Waals surface area contributed by atoms with Crippen LogP contribution in [0.3, 0.4) is 0 Å². The van der Waals surface area contributed by atoms with Crippen LogP contribution in [0, 0.1) is 17.2 Å².